The number of anilines is 1. The molecule has 0 aliphatic carbocycles. The second-order valence-electron chi connectivity index (χ2n) is 4.49. The fourth-order valence-corrected chi connectivity index (χ4v) is 2.51. The third kappa shape index (κ3) is 3.43. The molecule has 0 radical (unpaired) electrons. The highest BCUT2D eigenvalue weighted by atomic mass is 79.9. The predicted octanol–water partition coefficient (Wildman–Crippen LogP) is 2.77. The number of piperidine rings is 1. The Kier molecular flexibility index (Phi) is 4.54. The van der Waals surface area contributed by atoms with E-state index in [1.54, 1.807) is 12.1 Å². The highest BCUT2D eigenvalue weighted by Crippen LogP contribution is 2.28. The molecule has 1 saturated heterocycles. The monoisotopic (exact) mass is 313 g/mol. The van der Waals surface area contributed by atoms with Gasteiger partial charge in [0, 0.05) is 17.1 Å². The van der Waals surface area contributed by atoms with Gasteiger partial charge in [0.2, 0.25) is 0 Å². The normalized spacial score (nSPS) is 16.5. The minimum Gasteiger partial charge on any atom is -0.379 e. The molecule has 0 atom stereocenters. The van der Waals surface area contributed by atoms with Gasteiger partial charge in [0.15, 0.2) is 0 Å². The minimum absolute atomic E-state index is 0.132. The first kappa shape index (κ1) is 13.3. The van der Waals surface area contributed by atoms with Gasteiger partial charge in [-0.05, 0) is 44.0 Å². The van der Waals surface area contributed by atoms with E-state index >= 15 is 0 Å². The van der Waals surface area contributed by atoms with E-state index in [1.165, 1.54) is 6.07 Å². The molecule has 18 heavy (non-hydrogen) atoms. The van der Waals surface area contributed by atoms with Crippen LogP contribution < -0.4 is 10.6 Å². The predicted molar refractivity (Wildman–Crippen MR) is 74.9 cm³/mol. The fourth-order valence-electron chi connectivity index (χ4n) is 2.15. The van der Waals surface area contributed by atoms with Crippen LogP contribution in [0.1, 0.15) is 12.8 Å². The largest absolute Gasteiger partial charge is 0.379 e. The summed E-state index contributed by atoms with van der Waals surface area (Å²) >= 11 is 3.34. The Morgan fingerprint density at radius 2 is 2.17 bits per heavy atom. The molecule has 0 unspecified atom stereocenters. The molecule has 1 aliphatic rings. The van der Waals surface area contributed by atoms with Crippen LogP contribution in [-0.2, 0) is 0 Å². The first-order chi connectivity index (χ1) is 8.66. The first-order valence-corrected chi connectivity index (χ1v) is 6.84. The zero-order chi connectivity index (χ0) is 13.0. The van der Waals surface area contributed by atoms with Crippen molar-refractivity contribution in [3.05, 3.63) is 32.8 Å². The Morgan fingerprint density at radius 1 is 1.44 bits per heavy atom. The Labute approximate surface area is 114 Å². The van der Waals surface area contributed by atoms with Gasteiger partial charge in [-0.15, -0.1) is 0 Å². The van der Waals surface area contributed by atoms with Crippen molar-refractivity contribution in [2.45, 2.75) is 12.8 Å². The molecule has 2 rings (SSSR count). The van der Waals surface area contributed by atoms with Crippen molar-refractivity contribution < 1.29 is 4.92 Å². The summed E-state index contributed by atoms with van der Waals surface area (Å²) in [6, 6.07) is 4.97. The van der Waals surface area contributed by atoms with Crippen LogP contribution in [-0.4, -0.2) is 24.6 Å². The third-order valence-corrected chi connectivity index (χ3v) is 3.69. The van der Waals surface area contributed by atoms with Gasteiger partial charge in [0.1, 0.15) is 5.69 Å². The topological polar surface area (TPSA) is 67.2 Å². The van der Waals surface area contributed by atoms with Crippen molar-refractivity contribution in [2.75, 3.05) is 25.0 Å². The van der Waals surface area contributed by atoms with Crippen LogP contribution >= 0.6 is 15.9 Å². The van der Waals surface area contributed by atoms with Gasteiger partial charge in [0.05, 0.1) is 4.92 Å². The molecule has 0 bridgehead atoms. The Bertz CT molecular complexity index is 433. The molecule has 1 aliphatic heterocycles. The van der Waals surface area contributed by atoms with Gasteiger partial charge in [-0.1, -0.05) is 15.9 Å². The summed E-state index contributed by atoms with van der Waals surface area (Å²) in [6.07, 6.45) is 2.24. The quantitative estimate of drug-likeness (QED) is 0.662. The van der Waals surface area contributed by atoms with E-state index in [-0.39, 0.29) is 10.6 Å². The van der Waals surface area contributed by atoms with Crippen molar-refractivity contribution in [1.82, 2.24) is 5.32 Å². The molecule has 5 nitrogen and oxygen atoms in total. The molecule has 2 N–H and O–H groups in total. The molecule has 0 saturated carbocycles. The standard InChI is InChI=1S/C12H16BrN3O2/c13-10-1-2-12(16(17)18)11(7-10)15-8-9-3-5-14-6-4-9/h1-2,7,9,14-15H,3-6,8H2. The molecule has 0 spiro atoms. The molecule has 6 heteroatoms. The zero-order valence-electron chi connectivity index (χ0n) is 9.99. The lowest BCUT2D eigenvalue weighted by atomic mass is 9.98. The van der Waals surface area contributed by atoms with Crippen molar-refractivity contribution >= 4 is 27.3 Å². The van der Waals surface area contributed by atoms with E-state index < -0.39 is 0 Å². The van der Waals surface area contributed by atoms with Crippen LogP contribution in [0.5, 0.6) is 0 Å². The summed E-state index contributed by atoms with van der Waals surface area (Å²) < 4.78 is 0.848. The lowest BCUT2D eigenvalue weighted by Gasteiger charge is -2.23. The fraction of sp³-hybridized carbons (Fsp3) is 0.500. The van der Waals surface area contributed by atoms with Crippen molar-refractivity contribution in [3.63, 3.8) is 0 Å². The maximum atomic E-state index is 10.9. The molecule has 0 aromatic heterocycles. The number of nitrogens with zero attached hydrogens (tertiary/aromatic N) is 1. The zero-order valence-corrected chi connectivity index (χ0v) is 11.6. The number of hydrogen-bond donors (Lipinski definition) is 2. The van der Waals surface area contributed by atoms with Gasteiger partial charge in [0.25, 0.3) is 5.69 Å². The third-order valence-electron chi connectivity index (χ3n) is 3.20. The smallest absolute Gasteiger partial charge is 0.292 e. The molecule has 1 aromatic carbocycles. The van der Waals surface area contributed by atoms with E-state index in [0.29, 0.717) is 11.6 Å². The molecular weight excluding hydrogens is 298 g/mol. The Morgan fingerprint density at radius 3 is 2.83 bits per heavy atom. The summed E-state index contributed by atoms with van der Waals surface area (Å²) in [5, 5.41) is 17.4. The van der Waals surface area contributed by atoms with E-state index in [0.717, 1.165) is 36.9 Å². The van der Waals surface area contributed by atoms with E-state index in [9.17, 15) is 10.1 Å². The summed E-state index contributed by atoms with van der Waals surface area (Å²) in [7, 11) is 0. The van der Waals surface area contributed by atoms with Crippen LogP contribution in [0.2, 0.25) is 0 Å². The molecule has 98 valence electrons. The van der Waals surface area contributed by atoms with Gasteiger partial charge in [-0.2, -0.15) is 0 Å². The molecule has 1 aromatic rings. The highest BCUT2D eigenvalue weighted by Gasteiger charge is 2.17. The second-order valence-corrected chi connectivity index (χ2v) is 5.41. The van der Waals surface area contributed by atoms with Crippen LogP contribution in [0.25, 0.3) is 0 Å². The van der Waals surface area contributed by atoms with E-state index in [4.69, 9.17) is 0 Å². The molecule has 1 heterocycles. The lowest BCUT2D eigenvalue weighted by Crippen LogP contribution is -2.31. The number of nitrogens with one attached hydrogen (secondary N) is 2. The summed E-state index contributed by atoms with van der Waals surface area (Å²) in [5.74, 6) is 0.588. The van der Waals surface area contributed by atoms with E-state index in [1.807, 2.05) is 0 Å². The molecular formula is C12H16BrN3O2. The average Bonchev–Trinajstić information content (AvgIpc) is 2.37. The van der Waals surface area contributed by atoms with Gasteiger partial charge >= 0.3 is 0 Å². The minimum atomic E-state index is -0.350. The first-order valence-electron chi connectivity index (χ1n) is 6.05. The summed E-state index contributed by atoms with van der Waals surface area (Å²) in [5.41, 5.74) is 0.722. The summed E-state index contributed by atoms with van der Waals surface area (Å²) in [4.78, 5) is 10.6. The maximum absolute atomic E-state index is 10.9. The second kappa shape index (κ2) is 6.15. The Balaban J connectivity index is 2.03. The van der Waals surface area contributed by atoms with Crippen molar-refractivity contribution in [3.8, 4) is 0 Å². The van der Waals surface area contributed by atoms with Crippen LogP contribution in [0.4, 0.5) is 11.4 Å². The highest BCUT2D eigenvalue weighted by molar-refractivity contribution is 9.10. The molecule has 0 amide bonds. The number of benzene rings is 1. The maximum Gasteiger partial charge on any atom is 0.292 e. The van der Waals surface area contributed by atoms with Gasteiger partial charge < -0.3 is 10.6 Å². The molecule has 1 fully saturated rings. The SMILES string of the molecule is O=[N+]([O-])c1ccc(Br)cc1NCC1CCNCC1. The van der Waals surface area contributed by atoms with Crippen LogP contribution in [0.3, 0.4) is 0 Å². The van der Waals surface area contributed by atoms with Crippen molar-refractivity contribution in [2.24, 2.45) is 5.92 Å². The van der Waals surface area contributed by atoms with Gasteiger partial charge in [-0.3, -0.25) is 10.1 Å². The van der Waals surface area contributed by atoms with Crippen LogP contribution in [0, 0.1) is 16.0 Å². The van der Waals surface area contributed by atoms with Crippen LogP contribution in [0.15, 0.2) is 22.7 Å². The Hall–Kier alpha value is -1.14. The number of hydrogen-bond acceptors (Lipinski definition) is 4. The van der Waals surface area contributed by atoms with Crippen molar-refractivity contribution in [1.29, 1.82) is 0 Å². The lowest BCUT2D eigenvalue weighted by molar-refractivity contribution is -0.384. The summed E-state index contributed by atoms with van der Waals surface area (Å²) in [6.45, 7) is 2.86. The van der Waals surface area contributed by atoms with Gasteiger partial charge in [-0.25, -0.2) is 0 Å². The number of nitro groups is 1. The number of halogens is 1. The number of nitro benzene ring substituents is 1. The van der Waals surface area contributed by atoms with E-state index in [2.05, 4.69) is 26.6 Å². The number of rotatable bonds is 4. The average molecular weight is 314 g/mol.